The van der Waals surface area contributed by atoms with Crippen molar-refractivity contribution in [3.8, 4) is 17.1 Å². The summed E-state index contributed by atoms with van der Waals surface area (Å²) in [6, 6.07) is 14.5. The molecule has 1 aliphatic rings. The molecule has 3 aromatic rings. The number of benzene rings is 2. The zero-order chi connectivity index (χ0) is 19.9. The highest BCUT2D eigenvalue weighted by Crippen LogP contribution is 2.35. The highest BCUT2D eigenvalue weighted by atomic mass is 32.2. The van der Waals surface area contributed by atoms with Gasteiger partial charge in [-0.3, -0.25) is 4.57 Å². The first-order valence-corrected chi connectivity index (χ1v) is 12.0. The lowest BCUT2D eigenvalue weighted by molar-refractivity contribution is 0.602. The zero-order valence-corrected chi connectivity index (χ0v) is 17.8. The van der Waals surface area contributed by atoms with Gasteiger partial charge in [-0.1, -0.05) is 53.7 Å². The van der Waals surface area contributed by atoms with Crippen LogP contribution in [-0.2, 0) is 9.84 Å². The predicted molar refractivity (Wildman–Crippen MR) is 114 cm³/mol. The molecule has 28 heavy (non-hydrogen) atoms. The molecular weight excluding hydrogens is 390 g/mol. The topological polar surface area (TPSA) is 64.8 Å². The van der Waals surface area contributed by atoms with Crippen LogP contribution in [0.5, 0.6) is 0 Å². The quantitative estimate of drug-likeness (QED) is 0.643. The molecule has 0 amide bonds. The minimum atomic E-state index is -2.94. The molecule has 2 heterocycles. The van der Waals surface area contributed by atoms with Crippen LogP contribution in [-0.4, -0.2) is 39.9 Å². The average Bonchev–Trinajstić information content (AvgIpc) is 3.21. The summed E-state index contributed by atoms with van der Waals surface area (Å²) in [4.78, 5) is 0. The summed E-state index contributed by atoms with van der Waals surface area (Å²) < 4.78 is 25.8. The Hall–Kier alpha value is -2.12. The number of aromatic nitrogens is 3. The van der Waals surface area contributed by atoms with Gasteiger partial charge in [-0.05, 0) is 44.4 Å². The van der Waals surface area contributed by atoms with Crippen molar-refractivity contribution in [3.05, 3.63) is 59.2 Å². The third-order valence-electron chi connectivity index (χ3n) is 5.01. The average molecular weight is 414 g/mol. The summed E-state index contributed by atoms with van der Waals surface area (Å²) in [5.41, 5.74) is 5.49. The number of aryl methyl sites for hydroxylation is 3. The van der Waals surface area contributed by atoms with Gasteiger partial charge in [0, 0.05) is 10.8 Å². The van der Waals surface area contributed by atoms with E-state index in [1.807, 2.05) is 0 Å². The van der Waals surface area contributed by atoms with Crippen molar-refractivity contribution in [3.63, 3.8) is 0 Å². The van der Waals surface area contributed by atoms with Crippen molar-refractivity contribution in [1.82, 2.24) is 14.8 Å². The molecule has 0 N–H and O–H groups in total. The fourth-order valence-corrected chi connectivity index (χ4v) is 6.92. The van der Waals surface area contributed by atoms with Crippen molar-refractivity contribution in [2.45, 2.75) is 37.6 Å². The molecule has 0 radical (unpaired) electrons. The van der Waals surface area contributed by atoms with Crippen LogP contribution in [0.3, 0.4) is 0 Å². The van der Waals surface area contributed by atoms with Gasteiger partial charge >= 0.3 is 0 Å². The van der Waals surface area contributed by atoms with Gasteiger partial charge < -0.3 is 0 Å². The number of nitrogens with zero attached hydrogens (tertiary/aromatic N) is 3. The van der Waals surface area contributed by atoms with E-state index in [4.69, 9.17) is 0 Å². The van der Waals surface area contributed by atoms with E-state index < -0.39 is 9.84 Å². The number of hydrogen-bond donors (Lipinski definition) is 0. The van der Waals surface area contributed by atoms with Crippen LogP contribution in [0.1, 0.15) is 23.1 Å². The number of hydrogen-bond acceptors (Lipinski definition) is 5. The second kappa shape index (κ2) is 7.37. The smallest absolute Gasteiger partial charge is 0.196 e. The van der Waals surface area contributed by atoms with Gasteiger partial charge in [0.25, 0.3) is 0 Å². The monoisotopic (exact) mass is 413 g/mol. The van der Waals surface area contributed by atoms with E-state index in [1.165, 1.54) is 17.3 Å². The van der Waals surface area contributed by atoms with E-state index in [0.717, 1.165) is 33.4 Å². The molecule has 0 bridgehead atoms. The maximum atomic E-state index is 11.9. The molecule has 0 spiro atoms. The zero-order valence-electron chi connectivity index (χ0n) is 16.2. The Kier molecular flexibility index (Phi) is 5.05. The van der Waals surface area contributed by atoms with Gasteiger partial charge in [0.2, 0.25) is 0 Å². The highest BCUT2D eigenvalue weighted by molar-refractivity contribution is 8.01. The lowest BCUT2D eigenvalue weighted by atomic mass is 10.1. The Labute approximate surface area is 170 Å². The number of thioether (sulfide) groups is 1. The van der Waals surface area contributed by atoms with Crippen molar-refractivity contribution < 1.29 is 8.42 Å². The summed E-state index contributed by atoms with van der Waals surface area (Å²) in [5, 5.41) is 9.70. The SMILES string of the molecule is Cc1ccc(-c2nnc(SC3CCS(=O)(=O)C3)n2-c2cc(C)ccc2C)cc1. The summed E-state index contributed by atoms with van der Waals surface area (Å²) in [6.45, 7) is 6.19. The summed E-state index contributed by atoms with van der Waals surface area (Å²) >= 11 is 1.52. The second-order valence-corrected chi connectivity index (χ2v) is 10.9. The Balaban J connectivity index is 1.82. The minimum Gasteiger partial charge on any atom is -0.270 e. The molecule has 1 atom stereocenters. The van der Waals surface area contributed by atoms with E-state index in [2.05, 4.69) is 78.0 Å². The molecule has 0 aliphatic carbocycles. The van der Waals surface area contributed by atoms with E-state index in [0.29, 0.717) is 6.42 Å². The molecule has 1 saturated heterocycles. The minimum absolute atomic E-state index is 0.0175. The molecule has 1 fully saturated rings. The molecule has 7 heteroatoms. The Bertz CT molecular complexity index is 1120. The summed E-state index contributed by atoms with van der Waals surface area (Å²) in [7, 11) is -2.94. The predicted octanol–water partition coefficient (Wildman–Crippen LogP) is 4.14. The van der Waals surface area contributed by atoms with Crippen LogP contribution in [0.25, 0.3) is 17.1 Å². The molecule has 1 unspecified atom stereocenters. The molecule has 0 saturated carbocycles. The molecule has 146 valence electrons. The highest BCUT2D eigenvalue weighted by Gasteiger charge is 2.31. The van der Waals surface area contributed by atoms with Gasteiger partial charge in [0.05, 0.1) is 17.2 Å². The fraction of sp³-hybridized carbons (Fsp3) is 0.333. The number of rotatable bonds is 4. The molecule has 5 nitrogen and oxygen atoms in total. The number of sulfone groups is 1. The third kappa shape index (κ3) is 3.86. The van der Waals surface area contributed by atoms with Crippen LogP contribution >= 0.6 is 11.8 Å². The van der Waals surface area contributed by atoms with Crippen LogP contribution < -0.4 is 0 Å². The first-order valence-electron chi connectivity index (χ1n) is 9.29. The Morgan fingerprint density at radius 2 is 1.71 bits per heavy atom. The van der Waals surface area contributed by atoms with Gasteiger partial charge in [-0.2, -0.15) is 0 Å². The standard InChI is InChI=1S/C21H23N3O2S2/c1-14-5-8-17(9-6-14)20-22-23-21(27-18-10-11-28(25,26)13-18)24(20)19-12-15(2)4-7-16(19)3/h4-9,12,18H,10-11,13H2,1-3H3. The van der Waals surface area contributed by atoms with Gasteiger partial charge in [0.15, 0.2) is 20.8 Å². The maximum absolute atomic E-state index is 11.9. The van der Waals surface area contributed by atoms with Crippen molar-refractivity contribution in [2.24, 2.45) is 0 Å². The van der Waals surface area contributed by atoms with Gasteiger partial charge in [-0.25, -0.2) is 8.42 Å². The van der Waals surface area contributed by atoms with Crippen molar-refractivity contribution in [1.29, 1.82) is 0 Å². The Morgan fingerprint density at radius 3 is 2.39 bits per heavy atom. The second-order valence-electron chi connectivity index (χ2n) is 7.44. The normalized spacial score (nSPS) is 18.5. The van der Waals surface area contributed by atoms with Crippen LogP contribution in [0, 0.1) is 20.8 Å². The summed E-state index contributed by atoms with van der Waals surface area (Å²) in [6.07, 6.45) is 0.659. The third-order valence-corrected chi connectivity index (χ3v) is 8.20. The van der Waals surface area contributed by atoms with E-state index >= 15 is 0 Å². The lowest BCUT2D eigenvalue weighted by Gasteiger charge is -2.15. The first-order chi connectivity index (χ1) is 13.3. The fourth-order valence-electron chi connectivity index (χ4n) is 3.42. The molecule has 1 aromatic heterocycles. The Morgan fingerprint density at radius 1 is 1.00 bits per heavy atom. The molecular formula is C21H23N3O2S2. The molecule has 4 rings (SSSR count). The largest absolute Gasteiger partial charge is 0.270 e. The summed E-state index contributed by atoms with van der Waals surface area (Å²) in [5.74, 6) is 1.24. The van der Waals surface area contributed by atoms with Crippen molar-refractivity contribution >= 4 is 21.6 Å². The van der Waals surface area contributed by atoms with E-state index in [9.17, 15) is 8.42 Å². The lowest BCUT2D eigenvalue weighted by Crippen LogP contribution is -2.09. The van der Waals surface area contributed by atoms with Crippen molar-refractivity contribution in [2.75, 3.05) is 11.5 Å². The molecule has 2 aromatic carbocycles. The van der Waals surface area contributed by atoms with Crippen LogP contribution in [0.2, 0.25) is 0 Å². The van der Waals surface area contributed by atoms with Crippen LogP contribution in [0.15, 0.2) is 47.6 Å². The van der Waals surface area contributed by atoms with E-state index in [-0.39, 0.29) is 16.8 Å². The van der Waals surface area contributed by atoms with Gasteiger partial charge in [0.1, 0.15) is 0 Å². The van der Waals surface area contributed by atoms with E-state index in [1.54, 1.807) is 0 Å². The maximum Gasteiger partial charge on any atom is 0.196 e. The van der Waals surface area contributed by atoms with Crippen LogP contribution in [0.4, 0.5) is 0 Å². The first kappa shape index (κ1) is 19.2. The van der Waals surface area contributed by atoms with Gasteiger partial charge in [-0.15, -0.1) is 10.2 Å². The molecule has 1 aliphatic heterocycles.